The van der Waals surface area contributed by atoms with Crippen molar-refractivity contribution in [3.05, 3.63) is 47.6 Å². The number of rotatable bonds is 4. The molecule has 5 heteroatoms. The number of benzene rings is 1. The first-order valence-electron chi connectivity index (χ1n) is 7.49. The highest BCUT2D eigenvalue weighted by Crippen LogP contribution is 2.39. The van der Waals surface area contributed by atoms with E-state index in [4.69, 9.17) is 15.0 Å². The van der Waals surface area contributed by atoms with Gasteiger partial charge < -0.3 is 15.0 Å². The molecular formula is C16H21N3O2. The second-order valence-corrected chi connectivity index (χ2v) is 5.53. The molecule has 0 saturated carbocycles. The van der Waals surface area contributed by atoms with E-state index in [0.717, 1.165) is 25.1 Å². The summed E-state index contributed by atoms with van der Waals surface area (Å²) in [4.78, 5) is 4.59. The van der Waals surface area contributed by atoms with Crippen molar-refractivity contribution in [1.82, 2.24) is 10.1 Å². The van der Waals surface area contributed by atoms with Gasteiger partial charge in [0.15, 0.2) is 5.82 Å². The average Bonchev–Trinajstić information content (AvgIpc) is 3.06. The topological polar surface area (TPSA) is 74.2 Å². The summed E-state index contributed by atoms with van der Waals surface area (Å²) in [7, 11) is 0. The molecule has 0 amide bonds. The minimum absolute atomic E-state index is 0.195. The van der Waals surface area contributed by atoms with Crippen molar-refractivity contribution in [2.24, 2.45) is 5.73 Å². The smallest absolute Gasteiger partial charge is 0.243 e. The van der Waals surface area contributed by atoms with E-state index in [1.54, 1.807) is 0 Å². The first-order valence-corrected chi connectivity index (χ1v) is 7.49. The van der Waals surface area contributed by atoms with Crippen LogP contribution in [-0.4, -0.2) is 23.4 Å². The van der Waals surface area contributed by atoms with Crippen LogP contribution in [-0.2, 0) is 10.2 Å². The fourth-order valence-corrected chi connectivity index (χ4v) is 2.87. The van der Waals surface area contributed by atoms with Gasteiger partial charge in [0.05, 0.1) is 11.5 Å². The fraction of sp³-hybridized carbons (Fsp3) is 0.500. The number of aromatic nitrogens is 2. The lowest BCUT2D eigenvalue weighted by molar-refractivity contribution is 0.0597. The summed E-state index contributed by atoms with van der Waals surface area (Å²) in [5.74, 6) is 1.25. The Hall–Kier alpha value is -1.72. The van der Waals surface area contributed by atoms with E-state index in [1.165, 1.54) is 5.56 Å². The van der Waals surface area contributed by atoms with E-state index in [9.17, 15) is 0 Å². The number of nitrogens with two attached hydrogens (primary N) is 1. The second kappa shape index (κ2) is 5.95. The molecule has 1 saturated heterocycles. The molecule has 1 fully saturated rings. The van der Waals surface area contributed by atoms with Gasteiger partial charge in [-0.1, -0.05) is 42.4 Å². The lowest BCUT2D eigenvalue weighted by Crippen LogP contribution is -2.36. The van der Waals surface area contributed by atoms with Gasteiger partial charge in [0.25, 0.3) is 0 Å². The maximum atomic E-state index is 6.00. The number of hydrogen-bond acceptors (Lipinski definition) is 5. The minimum Gasteiger partial charge on any atom is -0.381 e. The predicted molar refractivity (Wildman–Crippen MR) is 78.8 cm³/mol. The largest absolute Gasteiger partial charge is 0.381 e. The molecule has 1 unspecified atom stereocenters. The molecule has 3 rings (SSSR count). The van der Waals surface area contributed by atoms with Crippen LogP contribution in [0.3, 0.4) is 0 Å². The second-order valence-electron chi connectivity index (χ2n) is 5.53. The van der Waals surface area contributed by atoms with Gasteiger partial charge in [-0.2, -0.15) is 4.98 Å². The molecule has 112 valence electrons. The predicted octanol–water partition coefficient (Wildman–Crippen LogP) is 2.58. The molecule has 0 aliphatic carbocycles. The van der Waals surface area contributed by atoms with Crippen LogP contribution in [0.25, 0.3) is 0 Å². The van der Waals surface area contributed by atoms with Crippen molar-refractivity contribution in [1.29, 1.82) is 0 Å². The Morgan fingerprint density at radius 2 is 1.95 bits per heavy atom. The summed E-state index contributed by atoms with van der Waals surface area (Å²) in [6.07, 6.45) is 2.50. The third-order valence-electron chi connectivity index (χ3n) is 4.30. The Bertz CT molecular complexity index is 576. The zero-order chi connectivity index (χ0) is 14.7. The molecule has 1 aromatic carbocycles. The minimum atomic E-state index is -0.227. The molecule has 21 heavy (non-hydrogen) atoms. The monoisotopic (exact) mass is 287 g/mol. The summed E-state index contributed by atoms with van der Waals surface area (Å²) in [5.41, 5.74) is 6.98. The molecular weight excluding hydrogens is 266 g/mol. The molecule has 0 spiro atoms. The molecule has 5 nitrogen and oxygen atoms in total. The van der Waals surface area contributed by atoms with Gasteiger partial charge in [-0.15, -0.1) is 0 Å². The van der Waals surface area contributed by atoms with Gasteiger partial charge in [0.1, 0.15) is 0 Å². The Balaban J connectivity index is 2.02. The molecule has 0 bridgehead atoms. The molecule has 1 aromatic heterocycles. The highest BCUT2D eigenvalue weighted by molar-refractivity contribution is 5.33. The normalized spacial score (nSPS) is 19.3. The Morgan fingerprint density at radius 1 is 1.24 bits per heavy atom. The van der Waals surface area contributed by atoms with E-state index in [-0.39, 0.29) is 11.5 Å². The molecule has 2 N–H and O–H groups in total. The molecule has 2 heterocycles. The van der Waals surface area contributed by atoms with Gasteiger partial charge in [-0.3, -0.25) is 0 Å². The number of ether oxygens (including phenoxy) is 1. The number of nitrogens with zero attached hydrogens (tertiary/aromatic N) is 2. The van der Waals surface area contributed by atoms with Gasteiger partial charge in [-0.05, 0) is 24.8 Å². The average molecular weight is 287 g/mol. The Morgan fingerprint density at radius 3 is 2.62 bits per heavy atom. The fourth-order valence-electron chi connectivity index (χ4n) is 2.87. The lowest BCUT2D eigenvalue weighted by Gasteiger charge is -2.34. The zero-order valence-corrected chi connectivity index (χ0v) is 12.3. The molecule has 1 atom stereocenters. The maximum Gasteiger partial charge on any atom is 0.243 e. The van der Waals surface area contributed by atoms with Crippen molar-refractivity contribution >= 4 is 0 Å². The SMILES string of the molecule is CCC(N)c1nc(C2(c3ccccc3)CCOCC2)no1. The zero-order valence-electron chi connectivity index (χ0n) is 12.3. The van der Waals surface area contributed by atoms with E-state index >= 15 is 0 Å². The lowest BCUT2D eigenvalue weighted by atomic mass is 9.73. The first kappa shape index (κ1) is 14.2. The van der Waals surface area contributed by atoms with E-state index < -0.39 is 0 Å². The standard InChI is InChI=1S/C16H21N3O2/c1-2-13(17)14-18-15(19-21-14)16(8-10-20-11-9-16)12-6-4-3-5-7-12/h3-7,13H,2,8-11,17H2,1H3. The van der Waals surface area contributed by atoms with Crippen LogP contribution in [0.1, 0.15) is 49.5 Å². The van der Waals surface area contributed by atoms with Crippen LogP contribution in [0.5, 0.6) is 0 Å². The van der Waals surface area contributed by atoms with E-state index in [1.807, 2.05) is 25.1 Å². The number of hydrogen-bond donors (Lipinski definition) is 1. The third-order valence-corrected chi connectivity index (χ3v) is 4.30. The summed E-state index contributed by atoms with van der Waals surface area (Å²) in [5, 5.41) is 4.24. The quantitative estimate of drug-likeness (QED) is 0.935. The van der Waals surface area contributed by atoms with Crippen LogP contribution >= 0.6 is 0 Å². The van der Waals surface area contributed by atoms with Crippen molar-refractivity contribution < 1.29 is 9.26 Å². The highest BCUT2D eigenvalue weighted by atomic mass is 16.5. The molecule has 1 aliphatic heterocycles. The Labute approximate surface area is 124 Å². The van der Waals surface area contributed by atoms with Crippen LogP contribution in [0.4, 0.5) is 0 Å². The van der Waals surface area contributed by atoms with Crippen LogP contribution in [0, 0.1) is 0 Å². The highest BCUT2D eigenvalue weighted by Gasteiger charge is 2.40. The van der Waals surface area contributed by atoms with Crippen molar-refractivity contribution in [3.8, 4) is 0 Å². The van der Waals surface area contributed by atoms with Crippen molar-refractivity contribution in [3.63, 3.8) is 0 Å². The van der Waals surface area contributed by atoms with Crippen LogP contribution in [0.15, 0.2) is 34.9 Å². The van der Waals surface area contributed by atoms with E-state index in [2.05, 4.69) is 22.3 Å². The third kappa shape index (κ3) is 2.59. The summed E-state index contributed by atoms with van der Waals surface area (Å²) in [6, 6.07) is 10.2. The van der Waals surface area contributed by atoms with Gasteiger partial charge in [0.2, 0.25) is 5.89 Å². The summed E-state index contributed by atoms with van der Waals surface area (Å²) >= 11 is 0. The van der Waals surface area contributed by atoms with Crippen molar-refractivity contribution in [2.45, 2.75) is 37.6 Å². The van der Waals surface area contributed by atoms with E-state index in [0.29, 0.717) is 19.1 Å². The van der Waals surface area contributed by atoms with Crippen LogP contribution < -0.4 is 5.73 Å². The Kier molecular flexibility index (Phi) is 4.03. The molecule has 0 radical (unpaired) electrons. The van der Waals surface area contributed by atoms with Crippen LogP contribution in [0.2, 0.25) is 0 Å². The first-order chi connectivity index (χ1) is 10.3. The molecule has 2 aromatic rings. The van der Waals surface area contributed by atoms with Gasteiger partial charge in [0, 0.05) is 13.2 Å². The molecule has 1 aliphatic rings. The van der Waals surface area contributed by atoms with Crippen molar-refractivity contribution in [2.75, 3.05) is 13.2 Å². The summed E-state index contributed by atoms with van der Waals surface area (Å²) in [6.45, 7) is 3.42. The van der Waals surface area contributed by atoms with Gasteiger partial charge in [-0.25, -0.2) is 0 Å². The maximum absolute atomic E-state index is 6.00. The summed E-state index contributed by atoms with van der Waals surface area (Å²) < 4.78 is 10.9. The van der Waals surface area contributed by atoms with Gasteiger partial charge >= 0.3 is 0 Å².